The molecule has 0 aromatic rings. The number of carbonyl (C=O) groups is 2. The predicted octanol–water partition coefficient (Wildman–Crippen LogP) is 0.455. The van der Waals surface area contributed by atoms with Crippen LogP contribution in [0.2, 0.25) is 0 Å². The number of carboxylic acids is 1. The summed E-state index contributed by atoms with van der Waals surface area (Å²) in [6.07, 6.45) is 0.184. The number of hydrogen-bond acceptors (Lipinski definition) is 3. The minimum absolute atomic E-state index is 0.00116. The van der Waals surface area contributed by atoms with Gasteiger partial charge in [-0.2, -0.15) is 0 Å². The first kappa shape index (κ1) is 9.19. The fourth-order valence-electron chi connectivity index (χ4n) is 1.20. The SMILES string of the molecule is CC1(C)CC(=O)C(C(=O)O)CO1. The van der Waals surface area contributed by atoms with E-state index < -0.39 is 17.5 Å². The zero-order valence-corrected chi connectivity index (χ0v) is 7.16. The molecule has 4 heteroatoms. The first-order chi connectivity index (χ1) is 5.42. The minimum Gasteiger partial charge on any atom is -0.481 e. The molecule has 0 aromatic carbocycles. The highest BCUT2D eigenvalue weighted by Crippen LogP contribution is 2.24. The largest absolute Gasteiger partial charge is 0.481 e. The molecule has 4 nitrogen and oxygen atoms in total. The van der Waals surface area contributed by atoms with Crippen molar-refractivity contribution < 1.29 is 19.4 Å². The second-order valence-electron chi connectivity index (χ2n) is 3.60. The Labute approximate surface area is 70.5 Å². The third-order valence-corrected chi connectivity index (χ3v) is 1.93. The summed E-state index contributed by atoms with van der Waals surface area (Å²) in [4.78, 5) is 21.7. The van der Waals surface area contributed by atoms with Crippen LogP contribution in [-0.4, -0.2) is 29.1 Å². The Hall–Kier alpha value is -0.900. The lowest BCUT2D eigenvalue weighted by Gasteiger charge is -2.31. The predicted molar refractivity (Wildman–Crippen MR) is 40.8 cm³/mol. The van der Waals surface area contributed by atoms with Crippen molar-refractivity contribution in [1.29, 1.82) is 0 Å². The number of carbonyl (C=O) groups excluding carboxylic acids is 1. The van der Waals surface area contributed by atoms with E-state index in [4.69, 9.17) is 9.84 Å². The maximum absolute atomic E-state index is 11.2. The van der Waals surface area contributed by atoms with Gasteiger partial charge in [0.2, 0.25) is 0 Å². The fourth-order valence-corrected chi connectivity index (χ4v) is 1.20. The molecule has 1 heterocycles. The first-order valence-corrected chi connectivity index (χ1v) is 3.82. The van der Waals surface area contributed by atoms with E-state index in [2.05, 4.69) is 0 Å². The highest BCUT2D eigenvalue weighted by molar-refractivity contribution is 5.99. The highest BCUT2D eigenvalue weighted by atomic mass is 16.5. The molecule has 1 unspecified atom stereocenters. The monoisotopic (exact) mass is 172 g/mol. The van der Waals surface area contributed by atoms with Crippen molar-refractivity contribution in [1.82, 2.24) is 0 Å². The molecule has 1 aliphatic rings. The van der Waals surface area contributed by atoms with Gasteiger partial charge in [-0.15, -0.1) is 0 Å². The molecular weight excluding hydrogens is 160 g/mol. The van der Waals surface area contributed by atoms with Gasteiger partial charge >= 0.3 is 5.97 Å². The van der Waals surface area contributed by atoms with Crippen molar-refractivity contribution in [3.8, 4) is 0 Å². The number of rotatable bonds is 1. The second-order valence-corrected chi connectivity index (χ2v) is 3.60. The number of carboxylic acid groups (broad SMARTS) is 1. The van der Waals surface area contributed by atoms with Crippen LogP contribution >= 0.6 is 0 Å². The van der Waals surface area contributed by atoms with Gasteiger partial charge in [0.25, 0.3) is 0 Å². The van der Waals surface area contributed by atoms with Gasteiger partial charge in [-0.3, -0.25) is 9.59 Å². The van der Waals surface area contributed by atoms with Gasteiger partial charge in [-0.05, 0) is 13.8 Å². The van der Waals surface area contributed by atoms with E-state index in [1.165, 1.54) is 0 Å². The molecule has 12 heavy (non-hydrogen) atoms. The molecule has 1 atom stereocenters. The third-order valence-electron chi connectivity index (χ3n) is 1.93. The van der Waals surface area contributed by atoms with Crippen LogP contribution in [0.4, 0.5) is 0 Å². The highest BCUT2D eigenvalue weighted by Gasteiger charge is 2.37. The second kappa shape index (κ2) is 2.86. The average molecular weight is 172 g/mol. The Bertz CT molecular complexity index is 219. The zero-order chi connectivity index (χ0) is 9.35. The van der Waals surface area contributed by atoms with Crippen molar-refractivity contribution in [2.75, 3.05) is 6.61 Å². The van der Waals surface area contributed by atoms with Crippen LogP contribution in [-0.2, 0) is 14.3 Å². The van der Waals surface area contributed by atoms with Crippen molar-refractivity contribution in [3.05, 3.63) is 0 Å². The maximum Gasteiger partial charge on any atom is 0.316 e. The molecule has 0 saturated carbocycles. The molecule has 0 amide bonds. The summed E-state index contributed by atoms with van der Waals surface area (Å²) < 4.78 is 5.21. The molecule has 0 radical (unpaired) electrons. The Morgan fingerprint density at radius 1 is 1.67 bits per heavy atom. The summed E-state index contributed by atoms with van der Waals surface area (Å²) in [7, 11) is 0. The van der Waals surface area contributed by atoms with E-state index in [0.29, 0.717) is 0 Å². The number of ether oxygens (including phenoxy) is 1. The molecule has 1 rings (SSSR count). The van der Waals surface area contributed by atoms with Crippen LogP contribution < -0.4 is 0 Å². The normalized spacial score (nSPS) is 28.5. The number of aliphatic carboxylic acids is 1. The summed E-state index contributed by atoms with van der Waals surface area (Å²) in [5, 5.41) is 8.58. The van der Waals surface area contributed by atoms with Crippen LogP contribution in [0.5, 0.6) is 0 Å². The van der Waals surface area contributed by atoms with E-state index in [1.807, 2.05) is 0 Å². The molecule has 1 fully saturated rings. The van der Waals surface area contributed by atoms with E-state index in [0.717, 1.165) is 0 Å². The van der Waals surface area contributed by atoms with Gasteiger partial charge in [0, 0.05) is 6.42 Å². The molecular formula is C8H12O4. The lowest BCUT2D eigenvalue weighted by molar-refractivity contribution is -0.161. The summed E-state index contributed by atoms with van der Waals surface area (Å²) in [5.41, 5.74) is -0.497. The van der Waals surface area contributed by atoms with Crippen molar-refractivity contribution in [2.45, 2.75) is 25.9 Å². The van der Waals surface area contributed by atoms with Gasteiger partial charge in [-0.1, -0.05) is 0 Å². The Kier molecular flexibility index (Phi) is 2.19. The average Bonchev–Trinajstić information content (AvgIpc) is 1.83. The molecule has 1 saturated heterocycles. The molecule has 0 bridgehead atoms. The minimum atomic E-state index is -1.09. The molecule has 0 aromatic heterocycles. The Morgan fingerprint density at radius 3 is 2.67 bits per heavy atom. The summed E-state index contributed by atoms with van der Waals surface area (Å²) in [5.74, 6) is -2.28. The smallest absolute Gasteiger partial charge is 0.316 e. The molecule has 1 N–H and O–H groups in total. The van der Waals surface area contributed by atoms with Crippen LogP contribution in [0.3, 0.4) is 0 Å². The number of Topliss-reactive ketones (excluding diaryl/α,β-unsaturated/α-hetero) is 1. The lowest BCUT2D eigenvalue weighted by Crippen LogP contribution is -2.43. The van der Waals surface area contributed by atoms with E-state index in [-0.39, 0.29) is 18.8 Å². The molecule has 0 spiro atoms. The maximum atomic E-state index is 11.2. The number of ketones is 1. The van der Waals surface area contributed by atoms with E-state index in [9.17, 15) is 9.59 Å². The Morgan fingerprint density at radius 2 is 2.25 bits per heavy atom. The van der Waals surface area contributed by atoms with E-state index in [1.54, 1.807) is 13.8 Å². The van der Waals surface area contributed by atoms with Gasteiger partial charge in [0.05, 0.1) is 12.2 Å². The van der Waals surface area contributed by atoms with Crippen LogP contribution in [0.15, 0.2) is 0 Å². The quantitative estimate of drug-likeness (QED) is 0.583. The lowest BCUT2D eigenvalue weighted by atomic mass is 9.90. The van der Waals surface area contributed by atoms with Gasteiger partial charge in [-0.25, -0.2) is 0 Å². The topological polar surface area (TPSA) is 63.6 Å². The summed E-state index contributed by atoms with van der Waals surface area (Å²) in [6.45, 7) is 3.56. The zero-order valence-electron chi connectivity index (χ0n) is 7.16. The third kappa shape index (κ3) is 1.82. The van der Waals surface area contributed by atoms with Crippen LogP contribution in [0.25, 0.3) is 0 Å². The molecule has 1 aliphatic heterocycles. The fraction of sp³-hybridized carbons (Fsp3) is 0.750. The van der Waals surface area contributed by atoms with Crippen LogP contribution in [0.1, 0.15) is 20.3 Å². The first-order valence-electron chi connectivity index (χ1n) is 3.82. The summed E-state index contributed by atoms with van der Waals surface area (Å²) in [6, 6.07) is 0. The van der Waals surface area contributed by atoms with Crippen molar-refractivity contribution >= 4 is 11.8 Å². The number of hydrogen-bond donors (Lipinski definition) is 1. The van der Waals surface area contributed by atoms with Crippen LogP contribution in [0, 0.1) is 5.92 Å². The van der Waals surface area contributed by atoms with Gasteiger partial charge in [0.15, 0.2) is 5.78 Å². The van der Waals surface area contributed by atoms with Gasteiger partial charge in [0.1, 0.15) is 5.92 Å². The van der Waals surface area contributed by atoms with Crippen molar-refractivity contribution in [2.24, 2.45) is 5.92 Å². The molecule has 0 aliphatic carbocycles. The van der Waals surface area contributed by atoms with E-state index >= 15 is 0 Å². The van der Waals surface area contributed by atoms with Gasteiger partial charge < -0.3 is 9.84 Å². The summed E-state index contributed by atoms with van der Waals surface area (Å²) >= 11 is 0. The molecule has 68 valence electrons. The Balaban J connectivity index is 2.66. The van der Waals surface area contributed by atoms with Crippen molar-refractivity contribution in [3.63, 3.8) is 0 Å². The standard InChI is InChI=1S/C8H12O4/c1-8(2)3-6(9)5(4-12-8)7(10)11/h5H,3-4H2,1-2H3,(H,10,11).